The van der Waals surface area contributed by atoms with Crippen molar-refractivity contribution in [2.75, 3.05) is 25.0 Å². The molecule has 1 saturated heterocycles. The van der Waals surface area contributed by atoms with Gasteiger partial charge in [-0.1, -0.05) is 6.07 Å². The fraction of sp³-hybridized carbons (Fsp3) is 0.583. The lowest BCUT2D eigenvalue weighted by molar-refractivity contribution is 0.205. The zero-order valence-corrected chi connectivity index (χ0v) is 9.72. The summed E-state index contributed by atoms with van der Waals surface area (Å²) >= 11 is 0. The van der Waals surface area contributed by atoms with E-state index in [4.69, 9.17) is 0 Å². The fourth-order valence-electron chi connectivity index (χ4n) is 2.14. The van der Waals surface area contributed by atoms with Crippen LogP contribution in [0.15, 0.2) is 24.4 Å². The van der Waals surface area contributed by atoms with Gasteiger partial charge in [-0.25, -0.2) is 4.98 Å². The molecule has 0 aromatic carbocycles. The first-order chi connectivity index (χ1) is 7.18. The Bertz CT molecular complexity index is 312. The Hall–Kier alpha value is -1.09. The van der Waals surface area contributed by atoms with Crippen LogP contribution in [0.4, 0.5) is 5.82 Å². The minimum atomic E-state index is 0.543. The van der Waals surface area contributed by atoms with Gasteiger partial charge in [0.15, 0.2) is 0 Å². The third-order valence-electron chi connectivity index (χ3n) is 3.24. The van der Waals surface area contributed by atoms with E-state index in [0.29, 0.717) is 12.1 Å². The van der Waals surface area contributed by atoms with Crippen LogP contribution in [0.1, 0.15) is 13.8 Å². The molecule has 1 fully saturated rings. The van der Waals surface area contributed by atoms with E-state index in [1.165, 1.54) is 0 Å². The molecule has 1 aromatic heterocycles. The first-order valence-corrected chi connectivity index (χ1v) is 5.56. The van der Waals surface area contributed by atoms with Crippen molar-refractivity contribution >= 4 is 5.82 Å². The molecule has 2 rings (SSSR count). The molecule has 1 aliphatic rings. The highest BCUT2D eigenvalue weighted by Crippen LogP contribution is 2.19. The molecule has 3 nitrogen and oxygen atoms in total. The Morgan fingerprint density at radius 2 is 2.00 bits per heavy atom. The number of nitrogens with zero attached hydrogens (tertiary/aromatic N) is 3. The summed E-state index contributed by atoms with van der Waals surface area (Å²) in [4.78, 5) is 9.22. The third kappa shape index (κ3) is 2.12. The van der Waals surface area contributed by atoms with Gasteiger partial charge in [-0.2, -0.15) is 0 Å². The molecule has 1 aliphatic heterocycles. The van der Waals surface area contributed by atoms with Gasteiger partial charge >= 0.3 is 0 Å². The molecular formula is C12H19N3. The maximum absolute atomic E-state index is 4.42. The van der Waals surface area contributed by atoms with Crippen LogP contribution in [0, 0.1) is 0 Å². The topological polar surface area (TPSA) is 19.4 Å². The summed E-state index contributed by atoms with van der Waals surface area (Å²) in [6.45, 7) is 6.70. The minimum absolute atomic E-state index is 0.543. The number of likely N-dealkylation sites (N-methyl/N-ethyl adjacent to an activating group) is 1. The third-order valence-corrected chi connectivity index (χ3v) is 3.24. The van der Waals surface area contributed by atoms with Gasteiger partial charge in [0, 0.05) is 31.4 Å². The molecule has 2 unspecified atom stereocenters. The van der Waals surface area contributed by atoms with Gasteiger partial charge in [-0.15, -0.1) is 0 Å². The molecule has 2 atom stereocenters. The van der Waals surface area contributed by atoms with Gasteiger partial charge in [0.1, 0.15) is 5.82 Å². The molecule has 0 saturated carbocycles. The second-order valence-electron chi connectivity index (χ2n) is 4.48. The molecule has 0 amide bonds. The van der Waals surface area contributed by atoms with E-state index in [1.807, 2.05) is 12.3 Å². The first-order valence-electron chi connectivity index (χ1n) is 5.56. The molecular weight excluding hydrogens is 186 g/mol. The van der Waals surface area contributed by atoms with E-state index < -0.39 is 0 Å². The Kier molecular flexibility index (Phi) is 2.91. The average Bonchev–Trinajstić information content (AvgIpc) is 2.25. The highest BCUT2D eigenvalue weighted by atomic mass is 15.3. The molecule has 0 aliphatic carbocycles. The summed E-state index contributed by atoms with van der Waals surface area (Å²) in [7, 11) is 2.19. The molecule has 0 spiro atoms. The van der Waals surface area contributed by atoms with Crippen LogP contribution in [0.5, 0.6) is 0 Å². The van der Waals surface area contributed by atoms with Crippen LogP contribution < -0.4 is 4.90 Å². The number of hydrogen-bond donors (Lipinski definition) is 0. The molecule has 3 heteroatoms. The van der Waals surface area contributed by atoms with E-state index in [9.17, 15) is 0 Å². The summed E-state index contributed by atoms with van der Waals surface area (Å²) in [5.74, 6) is 1.10. The molecule has 0 bridgehead atoms. The summed E-state index contributed by atoms with van der Waals surface area (Å²) < 4.78 is 0. The van der Waals surface area contributed by atoms with Crippen LogP contribution in [-0.2, 0) is 0 Å². The lowest BCUT2D eigenvalue weighted by Gasteiger charge is -2.43. The van der Waals surface area contributed by atoms with Crippen molar-refractivity contribution in [3.63, 3.8) is 0 Å². The number of rotatable bonds is 1. The lowest BCUT2D eigenvalue weighted by atomic mass is 10.1. The van der Waals surface area contributed by atoms with E-state index in [0.717, 1.165) is 18.9 Å². The predicted octanol–water partition coefficient (Wildman–Crippen LogP) is 1.61. The smallest absolute Gasteiger partial charge is 0.128 e. The van der Waals surface area contributed by atoms with Gasteiger partial charge in [0.25, 0.3) is 0 Å². The van der Waals surface area contributed by atoms with Crippen molar-refractivity contribution in [1.29, 1.82) is 0 Å². The van der Waals surface area contributed by atoms with Crippen LogP contribution >= 0.6 is 0 Å². The number of pyridine rings is 1. The number of aromatic nitrogens is 1. The van der Waals surface area contributed by atoms with Crippen LogP contribution in [0.25, 0.3) is 0 Å². The van der Waals surface area contributed by atoms with Crippen LogP contribution in [0.3, 0.4) is 0 Å². The molecule has 2 heterocycles. The van der Waals surface area contributed by atoms with Crippen molar-refractivity contribution in [2.24, 2.45) is 0 Å². The summed E-state index contributed by atoms with van der Waals surface area (Å²) in [5, 5.41) is 0. The predicted molar refractivity (Wildman–Crippen MR) is 63.1 cm³/mol. The average molecular weight is 205 g/mol. The Morgan fingerprint density at radius 3 is 2.67 bits per heavy atom. The Labute approximate surface area is 91.7 Å². The summed E-state index contributed by atoms with van der Waals surface area (Å²) in [6, 6.07) is 7.25. The maximum atomic E-state index is 4.42. The second kappa shape index (κ2) is 4.19. The van der Waals surface area contributed by atoms with E-state index in [-0.39, 0.29) is 0 Å². The van der Waals surface area contributed by atoms with Gasteiger partial charge < -0.3 is 4.90 Å². The second-order valence-corrected chi connectivity index (χ2v) is 4.48. The standard InChI is InChI=1S/C12H19N3/c1-10-9-15(11(2)8-14(10)3)12-6-4-5-7-13-12/h4-7,10-11H,8-9H2,1-3H3. The minimum Gasteiger partial charge on any atom is -0.351 e. The normalized spacial score (nSPS) is 28.1. The highest BCUT2D eigenvalue weighted by Gasteiger charge is 2.26. The van der Waals surface area contributed by atoms with Gasteiger partial charge in [-0.05, 0) is 33.0 Å². The molecule has 0 N–H and O–H groups in total. The summed E-state index contributed by atoms with van der Waals surface area (Å²) in [5.41, 5.74) is 0. The van der Waals surface area contributed by atoms with Crippen molar-refractivity contribution in [3.8, 4) is 0 Å². The van der Waals surface area contributed by atoms with Gasteiger partial charge in [0.05, 0.1) is 0 Å². The number of piperazine rings is 1. The number of hydrogen-bond acceptors (Lipinski definition) is 3. The molecule has 82 valence electrons. The zero-order valence-electron chi connectivity index (χ0n) is 9.72. The fourth-order valence-corrected chi connectivity index (χ4v) is 2.14. The maximum Gasteiger partial charge on any atom is 0.128 e. The van der Waals surface area contributed by atoms with E-state index in [2.05, 4.69) is 47.8 Å². The Balaban J connectivity index is 2.16. The largest absolute Gasteiger partial charge is 0.351 e. The number of anilines is 1. The van der Waals surface area contributed by atoms with Crippen molar-refractivity contribution in [1.82, 2.24) is 9.88 Å². The monoisotopic (exact) mass is 205 g/mol. The zero-order chi connectivity index (χ0) is 10.8. The molecule has 15 heavy (non-hydrogen) atoms. The van der Waals surface area contributed by atoms with Crippen molar-refractivity contribution < 1.29 is 0 Å². The van der Waals surface area contributed by atoms with Crippen molar-refractivity contribution in [2.45, 2.75) is 25.9 Å². The SMILES string of the molecule is CC1CN(c2ccccn2)C(C)CN1C. The van der Waals surface area contributed by atoms with Crippen molar-refractivity contribution in [3.05, 3.63) is 24.4 Å². The highest BCUT2D eigenvalue weighted by molar-refractivity contribution is 5.40. The van der Waals surface area contributed by atoms with Crippen LogP contribution in [-0.4, -0.2) is 42.1 Å². The first kappa shape index (κ1) is 10.4. The summed E-state index contributed by atoms with van der Waals surface area (Å²) in [6.07, 6.45) is 1.87. The molecule has 1 aromatic rings. The molecule has 0 radical (unpaired) electrons. The van der Waals surface area contributed by atoms with Gasteiger partial charge in [0.2, 0.25) is 0 Å². The van der Waals surface area contributed by atoms with E-state index >= 15 is 0 Å². The van der Waals surface area contributed by atoms with E-state index in [1.54, 1.807) is 0 Å². The lowest BCUT2D eigenvalue weighted by Crippen LogP contribution is -2.55. The van der Waals surface area contributed by atoms with Gasteiger partial charge in [-0.3, -0.25) is 4.90 Å². The van der Waals surface area contributed by atoms with Crippen LogP contribution in [0.2, 0.25) is 0 Å². The Morgan fingerprint density at radius 1 is 1.20 bits per heavy atom. The quantitative estimate of drug-likeness (QED) is 0.694.